The first-order valence-electron chi connectivity index (χ1n) is 5.82. The maximum Gasteiger partial charge on any atom is 0.354 e. The fourth-order valence-electron chi connectivity index (χ4n) is 1.91. The van der Waals surface area contributed by atoms with Crippen LogP contribution in [-0.2, 0) is 19.1 Å². The molecule has 0 bridgehead atoms. The molecule has 0 amide bonds. The third-order valence-corrected chi connectivity index (χ3v) is 2.83. The third kappa shape index (κ3) is 4.46. The average molecular weight is 241 g/mol. The Morgan fingerprint density at radius 3 is 2.29 bits per heavy atom. The average Bonchev–Trinajstić information content (AvgIpc) is 2.38. The maximum absolute atomic E-state index is 11.5. The van der Waals surface area contributed by atoms with Gasteiger partial charge in [0.15, 0.2) is 0 Å². The van der Waals surface area contributed by atoms with Gasteiger partial charge in [-0.1, -0.05) is 19.3 Å². The summed E-state index contributed by atoms with van der Waals surface area (Å²) in [4.78, 5) is 22.6. The molecule has 5 heteroatoms. The van der Waals surface area contributed by atoms with E-state index in [9.17, 15) is 9.59 Å². The predicted octanol–water partition coefficient (Wildman–Crippen LogP) is 1.14. The van der Waals surface area contributed by atoms with Crippen LogP contribution in [0.2, 0.25) is 0 Å². The normalized spacial score (nSPS) is 17.4. The van der Waals surface area contributed by atoms with Gasteiger partial charge in [0.05, 0.1) is 20.3 Å². The van der Waals surface area contributed by atoms with Gasteiger partial charge < -0.3 is 14.8 Å². The highest BCUT2D eigenvalue weighted by Crippen LogP contribution is 2.18. The SMILES string of the molecule is COC(=O)/C=C(/NC1CCCCC1)C(=O)OC. The van der Waals surface area contributed by atoms with E-state index in [1.165, 1.54) is 20.6 Å². The molecule has 1 rings (SSSR count). The van der Waals surface area contributed by atoms with Crippen LogP contribution < -0.4 is 5.32 Å². The van der Waals surface area contributed by atoms with Crippen molar-refractivity contribution >= 4 is 11.9 Å². The number of methoxy groups -OCH3 is 2. The molecular formula is C12H19NO4. The van der Waals surface area contributed by atoms with Crippen LogP contribution in [-0.4, -0.2) is 32.2 Å². The fourth-order valence-corrected chi connectivity index (χ4v) is 1.91. The Morgan fingerprint density at radius 1 is 1.12 bits per heavy atom. The minimum atomic E-state index is -0.561. The highest BCUT2D eigenvalue weighted by Gasteiger charge is 2.19. The summed E-state index contributed by atoms with van der Waals surface area (Å²) in [6.45, 7) is 0. The van der Waals surface area contributed by atoms with Crippen molar-refractivity contribution in [1.29, 1.82) is 0 Å². The first-order chi connectivity index (χ1) is 8.17. The summed E-state index contributed by atoms with van der Waals surface area (Å²) in [6.07, 6.45) is 6.67. The van der Waals surface area contributed by atoms with Crippen LogP contribution in [0.1, 0.15) is 32.1 Å². The molecule has 1 N–H and O–H groups in total. The van der Waals surface area contributed by atoms with E-state index in [-0.39, 0.29) is 11.7 Å². The molecule has 0 saturated heterocycles. The second-order valence-electron chi connectivity index (χ2n) is 4.05. The lowest BCUT2D eigenvalue weighted by atomic mass is 9.95. The highest BCUT2D eigenvalue weighted by molar-refractivity contribution is 5.95. The number of ether oxygens (including phenoxy) is 2. The zero-order valence-corrected chi connectivity index (χ0v) is 10.3. The van der Waals surface area contributed by atoms with E-state index in [0.29, 0.717) is 0 Å². The molecule has 5 nitrogen and oxygen atoms in total. The van der Waals surface area contributed by atoms with Crippen molar-refractivity contribution in [2.75, 3.05) is 14.2 Å². The number of hydrogen-bond donors (Lipinski definition) is 1. The molecule has 1 saturated carbocycles. The molecule has 1 aliphatic carbocycles. The summed E-state index contributed by atoms with van der Waals surface area (Å²) in [5.74, 6) is -1.10. The smallest absolute Gasteiger partial charge is 0.354 e. The number of carbonyl (C=O) groups is 2. The predicted molar refractivity (Wildman–Crippen MR) is 62.1 cm³/mol. The largest absolute Gasteiger partial charge is 0.466 e. The van der Waals surface area contributed by atoms with Gasteiger partial charge in [-0.3, -0.25) is 0 Å². The van der Waals surface area contributed by atoms with E-state index in [2.05, 4.69) is 14.8 Å². The van der Waals surface area contributed by atoms with Crippen molar-refractivity contribution in [2.45, 2.75) is 38.1 Å². The quantitative estimate of drug-likeness (QED) is 0.590. The molecule has 0 aromatic carbocycles. The molecule has 0 atom stereocenters. The Kier molecular flexibility index (Phi) is 5.52. The van der Waals surface area contributed by atoms with Gasteiger partial charge in [0, 0.05) is 6.04 Å². The molecule has 17 heavy (non-hydrogen) atoms. The molecule has 0 heterocycles. The van der Waals surface area contributed by atoms with Gasteiger partial charge in [-0.15, -0.1) is 0 Å². The van der Waals surface area contributed by atoms with Crippen molar-refractivity contribution in [2.24, 2.45) is 0 Å². The number of nitrogens with one attached hydrogen (secondary N) is 1. The second kappa shape index (κ2) is 6.93. The second-order valence-corrected chi connectivity index (χ2v) is 4.05. The topological polar surface area (TPSA) is 64.6 Å². The molecule has 0 spiro atoms. The van der Waals surface area contributed by atoms with Crippen LogP contribution in [0, 0.1) is 0 Å². The molecule has 0 unspecified atom stereocenters. The summed E-state index contributed by atoms with van der Waals surface area (Å²) in [5.41, 5.74) is 0.172. The van der Waals surface area contributed by atoms with Crippen LogP contribution in [0.5, 0.6) is 0 Å². The van der Waals surface area contributed by atoms with E-state index in [1.807, 2.05) is 0 Å². The monoisotopic (exact) mass is 241 g/mol. The molecule has 0 aromatic rings. The molecule has 1 aliphatic rings. The summed E-state index contributed by atoms with van der Waals surface area (Å²) in [6, 6.07) is 0.235. The third-order valence-electron chi connectivity index (χ3n) is 2.83. The minimum Gasteiger partial charge on any atom is -0.466 e. The molecule has 96 valence electrons. The zero-order chi connectivity index (χ0) is 12.7. The Hall–Kier alpha value is -1.52. The van der Waals surface area contributed by atoms with Gasteiger partial charge in [-0.2, -0.15) is 0 Å². The van der Waals surface area contributed by atoms with Crippen molar-refractivity contribution in [3.63, 3.8) is 0 Å². The summed E-state index contributed by atoms with van der Waals surface area (Å²) in [7, 11) is 2.56. The lowest BCUT2D eigenvalue weighted by Crippen LogP contribution is -2.34. The van der Waals surface area contributed by atoms with Crippen LogP contribution in [0.4, 0.5) is 0 Å². The number of esters is 2. The fraction of sp³-hybridized carbons (Fsp3) is 0.667. The Labute approximate surface area is 101 Å². The van der Waals surface area contributed by atoms with Crippen LogP contribution >= 0.6 is 0 Å². The first kappa shape index (κ1) is 13.5. The van der Waals surface area contributed by atoms with Gasteiger partial charge in [0.25, 0.3) is 0 Å². The Bertz CT molecular complexity index is 306. The van der Waals surface area contributed by atoms with Crippen molar-refractivity contribution in [1.82, 2.24) is 5.32 Å². The number of hydrogen-bond acceptors (Lipinski definition) is 5. The minimum absolute atomic E-state index is 0.172. The summed E-state index contributed by atoms with van der Waals surface area (Å²) >= 11 is 0. The molecule has 0 aromatic heterocycles. The van der Waals surface area contributed by atoms with E-state index in [1.54, 1.807) is 0 Å². The van der Waals surface area contributed by atoms with Gasteiger partial charge in [0.1, 0.15) is 5.70 Å². The lowest BCUT2D eigenvalue weighted by Gasteiger charge is -2.24. The maximum atomic E-state index is 11.5. The molecule has 0 aliphatic heterocycles. The van der Waals surface area contributed by atoms with E-state index in [4.69, 9.17) is 0 Å². The van der Waals surface area contributed by atoms with E-state index in [0.717, 1.165) is 31.8 Å². The van der Waals surface area contributed by atoms with Crippen molar-refractivity contribution in [3.8, 4) is 0 Å². The van der Waals surface area contributed by atoms with Crippen LogP contribution in [0.25, 0.3) is 0 Å². The van der Waals surface area contributed by atoms with Gasteiger partial charge in [-0.05, 0) is 12.8 Å². The van der Waals surface area contributed by atoms with Crippen molar-refractivity contribution < 1.29 is 19.1 Å². The Morgan fingerprint density at radius 2 is 1.76 bits per heavy atom. The molecule has 0 radical (unpaired) electrons. The molecular weight excluding hydrogens is 222 g/mol. The highest BCUT2D eigenvalue weighted by atomic mass is 16.5. The van der Waals surface area contributed by atoms with Crippen LogP contribution in [0.15, 0.2) is 11.8 Å². The van der Waals surface area contributed by atoms with E-state index < -0.39 is 11.9 Å². The summed E-state index contributed by atoms with van der Waals surface area (Å²) in [5, 5.41) is 3.06. The standard InChI is InChI=1S/C12H19NO4/c1-16-11(14)8-10(12(15)17-2)13-9-6-4-3-5-7-9/h8-9,13H,3-7H2,1-2H3/b10-8+. The Balaban J connectivity index is 2.65. The number of carbonyl (C=O) groups excluding carboxylic acids is 2. The van der Waals surface area contributed by atoms with Gasteiger partial charge in [-0.25, -0.2) is 9.59 Å². The first-order valence-corrected chi connectivity index (χ1v) is 5.82. The lowest BCUT2D eigenvalue weighted by molar-refractivity contribution is -0.139. The van der Waals surface area contributed by atoms with E-state index >= 15 is 0 Å². The van der Waals surface area contributed by atoms with Crippen LogP contribution in [0.3, 0.4) is 0 Å². The zero-order valence-electron chi connectivity index (χ0n) is 10.3. The van der Waals surface area contributed by atoms with Crippen molar-refractivity contribution in [3.05, 3.63) is 11.8 Å². The summed E-state index contributed by atoms with van der Waals surface area (Å²) < 4.78 is 9.12. The molecule has 1 fully saturated rings. The van der Waals surface area contributed by atoms with Gasteiger partial charge in [0.2, 0.25) is 0 Å². The van der Waals surface area contributed by atoms with Gasteiger partial charge >= 0.3 is 11.9 Å². The number of rotatable bonds is 4.